The van der Waals surface area contributed by atoms with Crippen molar-refractivity contribution in [2.75, 3.05) is 19.6 Å². The molecule has 7 heteroatoms. The number of rotatable bonds is 4. The molecule has 1 aliphatic rings. The number of nitrogens with two attached hydrogens (primary N) is 1. The zero-order chi connectivity index (χ0) is 14.8. The lowest BCUT2D eigenvalue weighted by atomic mass is 9.95. The molecule has 1 aromatic carbocycles. The normalized spacial score (nSPS) is 18.4. The molecule has 0 bridgehead atoms. The minimum absolute atomic E-state index is 0.0428. The van der Waals surface area contributed by atoms with Crippen molar-refractivity contribution in [2.45, 2.75) is 24.2 Å². The van der Waals surface area contributed by atoms with Crippen LogP contribution in [-0.2, 0) is 10.0 Å². The molecule has 4 nitrogen and oxygen atoms in total. The van der Waals surface area contributed by atoms with Gasteiger partial charge in [-0.25, -0.2) is 12.8 Å². The molecule has 0 atom stereocenters. The zero-order valence-electron chi connectivity index (χ0n) is 11.1. The first kappa shape index (κ1) is 15.7. The van der Waals surface area contributed by atoms with E-state index in [0.29, 0.717) is 25.6 Å². The average Bonchev–Trinajstić information content (AvgIpc) is 2.43. The molecule has 0 aromatic heterocycles. The Morgan fingerprint density at radius 2 is 2.00 bits per heavy atom. The molecular weight excluding hydrogens is 303 g/mol. The van der Waals surface area contributed by atoms with Gasteiger partial charge in [-0.3, -0.25) is 0 Å². The van der Waals surface area contributed by atoms with Gasteiger partial charge in [-0.2, -0.15) is 4.31 Å². The molecule has 1 heterocycles. The molecule has 0 amide bonds. The maximum absolute atomic E-state index is 13.1. The third-order valence-corrected chi connectivity index (χ3v) is 5.86. The fraction of sp³-hybridized carbons (Fsp3) is 0.538. The molecule has 1 aromatic rings. The third-order valence-electron chi connectivity index (χ3n) is 3.68. The van der Waals surface area contributed by atoms with Gasteiger partial charge in [0.1, 0.15) is 5.82 Å². The summed E-state index contributed by atoms with van der Waals surface area (Å²) < 4.78 is 39.4. The average molecular weight is 321 g/mol. The van der Waals surface area contributed by atoms with Crippen LogP contribution in [-0.4, -0.2) is 32.4 Å². The number of halogens is 2. The Hall–Kier alpha value is -0.690. The van der Waals surface area contributed by atoms with Crippen molar-refractivity contribution in [1.82, 2.24) is 4.31 Å². The summed E-state index contributed by atoms with van der Waals surface area (Å²) in [7, 11) is -3.59. The number of hydrogen-bond donors (Lipinski definition) is 1. The van der Waals surface area contributed by atoms with Crippen LogP contribution in [0.15, 0.2) is 23.1 Å². The Labute approximate surface area is 123 Å². The van der Waals surface area contributed by atoms with Crippen molar-refractivity contribution in [1.29, 1.82) is 0 Å². The van der Waals surface area contributed by atoms with Gasteiger partial charge in [0.05, 0.1) is 9.92 Å². The highest BCUT2D eigenvalue weighted by atomic mass is 35.5. The van der Waals surface area contributed by atoms with E-state index in [0.717, 1.165) is 31.4 Å². The molecule has 0 unspecified atom stereocenters. The molecular formula is C13H18ClFN2O2S. The Kier molecular flexibility index (Phi) is 5.01. The van der Waals surface area contributed by atoms with Gasteiger partial charge in [0.25, 0.3) is 0 Å². The number of hydrogen-bond acceptors (Lipinski definition) is 3. The lowest BCUT2D eigenvalue weighted by Crippen LogP contribution is -2.38. The topological polar surface area (TPSA) is 63.4 Å². The Bertz CT molecular complexity index is 572. The van der Waals surface area contributed by atoms with E-state index in [1.807, 2.05) is 0 Å². The highest BCUT2D eigenvalue weighted by molar-refractivity contribution is 7.89. The number of sulfonamides is 1. The Morgan fingerprint density at radius 1 is 1.35 bits per heavy atom. The van der Waals surface area contributed by atoms with Gasteiger partial charge in [0, 0.05) is 13.1 Å². The van der Waals surface area contributed by atoms with Gasteiger partial charge < -0.3 is 5.73 Å². The van der Waals surface area contributed by atoms with E-state index in [-0.39, 0.29) is 9.92 Å². The summed E-state index contributed by atoms with van der Waals surface area (Å²) in [6.07, 6.45) is 2.55. The van der Waals surface area contributed by atoms with Crippen LogP contribution >= 0.6 is 11.6 Å². The van der Waals surface area contributed by atoms with Gasteiger partial charge >= 0.3 is 0 Å². The molecule has 2 N–H and O–H groups in total. The second-order valence-electron chi connectivity index (χ2n) is 5.00. The minimum atomic E-state index is -3.59. The first-order chi connectivity index (χ1) is 9.45. The van der Waals surface area contributed by atoms with E-state index in [9.17, 15) is 12.8 Å². The van der Waals surface area contributed by atoms with Crippen molar-refractivity contribution >= 4 is 21.6 Å². The lowest BCUT2D eigenvalue weighted by Gasteiger charge is -2.31. The summed E-state index contributed by atoms with van der Waals surface area (Å²) in [6, 6.07) is 3.50. The molecule has 0 spiro atoms. The van der Waals surface area contributed by atoms with Crippen LogP contribution in [0.25, 0.3) is 0 Å². The SMILES string of the molecule is NCCC1CCN(S(=O)(=O)c2ccc(F)c(Cl)c2)CC1. The molecule has 1 aliphatic heterocycles. The number of piperidine rings is 1. The van der Waals surface area contributed by atoms with Crippen molar-refractivity contribution in [3.63, 3.8) is 0 Å². The first-order valence-corrected chi connectivity index (χ1v) is 8.42. The van der Waals surface area contributed by atoms with Gasteiger partial charge in [0.15, 0.2) is 0 Å². The molecule has 0 aliphatic carbocycles. The summed E-state index contributed by atoms with van der Waals surface area (Å²) in [5.74, 6) is -0.129. The molecule has 20 heavy (non-hydrogen) atoms. The van der Waals surface area contributed by atoms with Crippen molar-refractivity contribution in [3.8, 4) is 0 Å². The van der Waals surface area contributed by atoms with Crippen molar-refractivity contribution < 1.29 is 12.8 Å². The van der Waals surface area contributed by atoms with E-state index < -0.39 is 15.8 Å². The molecule has 2 rings (SSSR count). The fourth-order valence-corrected chi connectivity index (χ4v) is 4.20. The van der Waals surface area contributed by atoms with Gasteiger partial charge in [-0.15, -0.1) is 0 Å². The van der Waals surface area contributed by atoms with Crippen LogP contribution in [0.3, 0.4) is 0 Å². The van der Waals surface area contributed by atoms with Gasteiger partial charge in [-0.1, -0.05) is 11.6 Å². The summed E-state index contributed by atoms with van der Waals surface area (Å²) in [5.41, 5.74) is 5.52. The first-order valence-electron chi connectivity index (χ1n) is 6.60. The molecule has 1 fully saturated rings. The lowest BCUT2D eigenvalue weighted by molar-refractivity contribution is 0.266. The predicted octanol–water partition coefficient (Wildman–Crippen LogP) is 2.23. The summed E-state index contributed by atoms with van der Waals surface area (Å²) in [6.45, 7) is 1.58. The van der Waals surface area contributed by atoms with E-state index in [2.05, 4.69) is 0 Å². The zero-order valence-corrected chi connectivity index (χ0v) is 12.6. The predicted molar refractivity (Wildman–Crippen MR) is 76.6 cm³/mol. The summed E-state index contributed by atoms with van der Waals surface area (Å²) in [4.78, 5) is 0.0428. The second-order valence-corrected chi connectivity index (χ2v) is 7.35. The quantitative estimate of drug-likeness (QED) is 0.925. The van der Waals surface area contributed by atoms with E-state index in [1.165, 1.54) is 10.4 Å². The fourth-order valence-electron chi connectivity index (χ4n) is 2.46. The smallest absolute Gasteiger partial charge is 0.243 e. The largest absolute Gasteiger partial charge is 0.330 e. The molecule has 1 saturated heterocycles. The monoisotopic (exact) mass is 320 g/mol. The van der Waals surface area contributed by atoms with Crippen molar-refractivity contribution in [3.05, 3.63) is 29.0 Å². The van der Waals surface area contributed by atoms with Crippen LogP contribution < -0.4 is 5.73 Å². The molecule has 112 valence electrons. The van der Waals surface area contributed by atoms with Gasteiger partial charge in [-0.05, 0) is 49.9 Å². The van der Waals surface area contributed by atoms with Crippen LogP contribution in [0.2, 0.25) is 5.02 Å². The van der Waals surface area contributed by atoms with E-state index in [1.54, 1.807) is 0 Å². The number of nitrogens with zero attached hydrogens (tertiary/aromatic N) is 1. The van der Waals surface area contributed by atoms with E-state index >= 15 is 0 Å². The highest BCUT2D eigenvalue weighted by Gasteiger charge is 2.29. The van der Waals surface area contributed by atoms with Crippen LogP contribution in [0.4, 0.5) is 4.39 Å². The second kappa shape index (κ2) is 6.39. The Balaban J connectivity index is 2.13. The van der Waals surface area contributed by atoms with Gasteiger partial charge in [0.2, 0.25) is 10.0 Å². The van der Waals surface area contributed by atoms with Crippen molar-refractivity contribution in [2.24, 2.45) is 11.7 Å². The third kappa shape index (κ3) is 3.31. The maximum atomic E-state index is 13.1. The van der Waals surface area contributed by atoms with Crippen LogP contribution in [0.1, 0.15) is 19.3 Å². The van der Waals surface area contributed by atoms with E-state index in [4.69, 9.17) is 17.3 Å². The maximum Gasteiger partial charge on any atom is 0.243 e. The number of benzene rings is 1. The Morgan fingerprint density at radius 3 is 2.55 bits per heavy atom. The standard InChI is InChI=1S/C13H18ClFN2O2S/c14-12-9-11(1-2-13(12)15)20(18,19)17-7-4-10(3-6-16)5-8-17/h1-2,9-10H,3-8,16H2. The van der Waals surface area contributed by atoms with Crippen LogP contribution in [0.5, 0.6) is 0 Å². The summed E-state index contributed by atoms with van der Waals surface area (Å²) >= 11 is 5.65. The minimum Gasteiger partial charge on any atom is -0.330 e. The van der Waals surface area contributed by atoms with Crippen LogP contribution in [0, 0.1) is 11.7 Å². The molecule has 0 saturated carbocycles. The summed E-state index contributed by atoms with van der Waals surface area (Å²) in [5, 5.41) is -0.177. The molecule has 0 radical (unpaired) electrons. The highest BCUT2D eigenvalue weighted by Crippen LogP contribution is 2.27.